The van der Waals surface area contributed by atoms with Crippen LogP contribution in [0.5, 0.6) is 5.75 Å². The molecule has 0 aliphatic heterocycles. The lowest BCUT2D eigenvalue weighted by Crippen LogP contribution is -2.24. The van der Waals surface area contributed by atoms with Crippen molar-refractivity contribution in [2.75, 3.05) is 12.8 Å². The van der Waals surface area contributed by atoms with Gasteiger partial charge in [0.25, 0.3) is 5.56 Å². The fourth-order valence-electron chi connectivity index (χ4n) is 2.34. The topological polar surface area (TPSA) is 143 Å². The lowest BCUT2D eigenvalue weighted by atomic mass is 9.94. The van der Waals surface area contributed by atoms with Crippen LogP contribution >= 0.6 is 11.6 Å². The number of nitrogens with one attached hydrogen (secondary N) is 1. The van der Waals surface area contributed by atoms with Crippen LogP contribution in [0.15, 0.2) is 16.9 Å². The Morgan fingerprint density at radius 3 is 2.29 bits per heavy atom. The molecule has 1 heterocycles. The van der Waals surface area contributed by atoms with Crippen molar-refractivity contribution in [1.29, 1.82) is 0 Å². The van der Waals surface area contributed by atoms with E-state index in [1.807, 2.05) is 4.98 Å². The van der Waals surface area contributed by atoms with Gasteiger partial charge >= 0.3 is 11.9 Å². The Balaban J connectivity index is 3.08. The number of hydrogen-bond donors (Lipinski definition) is 4. The molecule has 1 aromatic carbocycles. The SMILES string of the molecule is COc1cc(C)c(Cl)cc1-c1c(C(=O)O)c(N)[nH]c(=O)c1C(=O)O. The zero-order valence-corrected chi connectivity index (χ0v) is 13.4. The lowest BCUT2D eigenvalue weighted by Gasteiger charge is -2.16. The molecule has 1 aromatic heterocycles. The van der Waals surface area contributed by atoms with E-state index >= 15 is 0 Å². The first-order valence-corrected chi connectivity index (χ1v) is 6.93. The zero-order chi connectivity index (χ0) is 18.2. The number of pyridine rings is 1. The summed E-state index contributed by atoms with van der Waals surface area (Å²) in [6.45, 7) is 1.69. The number of aromatic carboxylic acids is 2. The van der Waals surface area contributed by atoms with Crippen molar-refractivity contribution in [3.8, 4) is 16.9 Å². The molecule has 24 heavy (non-hydrogen) atoms. The summed E-state index contributed by atoms with van der Waals surface area (Å²) in [6, 6.07) is 2.84. The van der Waals surface area contributed by atoms with Crippen molar-refractivity contribution in [2.24, 2.45) is 0 Å². The second kappa shape index (κ2) is 6.25. The van der Waals surface area contributed by atoms with Gasteiger partial charge in [0.05, 0.1) is 7.11 Å². The lowest BCUT2D eigenvalue weighted by molar-refractivity contribution is 0.0695. The Morgan fingerprint density at radius 2 is 1.79 bits per heavy atom. The summed E-state index contributed by atoms with van der Waals surface area (Å²) < 4.78 is 5.19. The largest absolute Gasteiger partial charge is 0.496 e. The number of carbonyl (C=O) groups is 2. The zero-order valence-electron chi connectivity index (χ0n) is 12.6. The van der Waals surface area contributed by atoms with Gasteiger partial charge in [-0.1, -0.05) is 11.6 Å². The third-order valence-corrected chi connectivity index (χ3v) is 3.83. The first kappa shape index (κ1) is 17.4. The second-order valence-corrected chi connectivity index (χ2v) is 5.31. The number of nitrogen functional groups attached to an aromatic ring is 1. The van der Waals surface area contributed by atoms with Crippen molar-refractivity contribution < 1.29 is 24.5 Å². The number of aryl methyl sites for hydroxylation is 1. The third kappa shape index (κ3) is 2.79. The van der Waals surface area contributed by atoms with Gasteiger partial charge in [0.15, 0.2) is 0 Å². The molecule has 0 aliphatic rings. The molecule has 0 radical (unpaired) electrons. The average molecular weight is 353 g/mol. The number of anilines is 1. The Kier molecular flexibility index (Phi) is 4.52. The maximum Gasteiger partial charge on any atom is 0.342 e. The van der Waals surface area contributed by atoms with Crippen molar-refractivity contribution in [3.63, 3.8) is 0 Å². The van der Waals surface area contributed by atoms with Crippen molar-refractivity contribution in [3.05, 3.63) is 44.2 Å². The number of H-pyrrole nitrogens is 1. The molecule has 0 aliphatic carbocycles. The highest BCUT2D eigenvalue weighted by Crippen LogP contribution is 2.38. The number of ether oxygens (including phenoxy) is 1. The highest BCUT2D eigenvalue weighted by Gasteiger charge is 2.28. The number of benzene rings is 1. The van der Waals surface area contributed by atoms with E-state index in [1.165, 1.54) is 19.2 Å². The molecule has 0 bridgehead atoms. The summed E-state index contributed by atoms with van der Waals surface area (Å²) in [5, 5.41) is 19.0. The number of halogens is 1. The van der Waals surface area contributed by atoms with Crippen LogP contribution in [-0.4, -0.2) is 34.2 Å². The van der Waals surface area contributed by atoms with E-state index in [0.29, 0.717) is 5.56 Å². The summed E-state index contributed by atoms with van der Waals surface area (Å²) in [7, 11) is 1.32. The molecule has 2 rings (SSSR count). The molecule has 0 amide bonds. The predicted molar refractivity (Wildman–Crippen MR) is 87.1 cm³/mol. The van der Waals surface area contributed by atoms with Crippen LogP contribution < -0.4 is 16.0 Å². The van der Waals surface area contributed by atoms with Gasteiger partial charge in [-0.3, -0.25) is 4.79 Å². The van der Waals surface area contributed by atoms with Crippen LogP contribution in [0.2, 0.25) is 5.02 Å². The summed E-state index contributed by atoms with van der Waals surface area (Å²) in [5.41, 5.74) is 3.55. The quantitative estimate of drug-likeness (QED) is 0.658. The van der Waals surface area contributed by atoms with E-state index < -0.39 is 34.4 Å². The minimum Gasteiger partial charge on any atom is -0.496 e. The second-order valence-electron chi connectivity index (χ2n) is 4.90. The van der Waals surface area contributed by atoms with Gasteiger partial charge in [-0.15, -0.1) is 0 Å². The van der Waals surface area contributed by atoms with Gasteiger partial charge in [-0.05, 0) is 24.6 Å². The van der Waals surface area contributed by atoms with Gasteiger partial charge in [0.2, 0.25) is 0 Å². The van der Waals surface area contributed by atoms with Crippen LogP contribution in [0.4, 0.5) is 5.82 Å². The van der Waals surface area contributed by atoms with E-state index in [0.717, 1.165) is 0 Å². The molecular formula is C15H13ClN2O6. The molecule has 0 saturated carbocycles. The molecule has 0 unspecified atom stereocenters. The highest BCUT2D eigenvalue weighted by molar-refractivity contribution is 6.31. The molecule has 0 fully saturated rings. The number of hydrogen-bond acceptors (Lipinski definition) is 5. The van der Waals surface area contributed by atoms with Gasteiger partial charge in [-0.25, -0.2) is 9.59 Å². The van der Waals surface area contributed by atoms with Crippen LogP contribution in [-0.2, 0) is 0 Å². The number of aromatic nitrogens is 1. The molecule has 8 nitrogen and oxygen atoms in total. The number of carboxylic acids is 2. The van der Waals surface area contributed by atoms with Gasteiger partial charge in [0, 0.05) is 16.1 Å². The van der Waals surface area contributed by atoms with E-state index in [-0.39, 0.29) is 21.9 Å². The summed E-state index contributed by atoms with van der Waals surface area (Å²) in [6.07, 6.45) is 0. The van der Waals surface area contributed by atoms with Crippen LogP contribution in [0.3, 0.4) is 0 Å². The molecular weight excluding hydrogens is 340 g/mol. The van der Waals surface area contributed by atoms with Gasteiger partial charge < -0.3 is 25.7 Å². The number of methoxy groups -OCH3 is 1. The van der Waals surface area contributed by atoms with E-state index in [9.17, 15) is 24.6 Å². The van der Waals surface area contributed by atoms with Crippen molar-refractivity contribution in [1.82, 2.24) is 4.98 Å². The van der Waals surface area contributed by atoms with Crippen molar-refractivity contribution >= 4 is 29.4 Å². The number of nitrogens with two attached hydrogens (primary N) is 1. The highest BCUT2D eigenvalue weighted by atomic mass is 35.5. The third-order valence-electron chi connectivity index (χ3n) is 3.42. The first-order chi connectivity index (χ1) is 11.2. The van der Waals surface area contributed by atoms with Crippen LogP contribution in [0.1, 0.15) is 26.3 Å². The van der Waals surface area contributed by atoms with E-state index in [2.05, 4.69) is 0 Å². The smallest absolute Gasteiger partial charge is 0.342 e. The molecule has 0 atom stereocenters. The minimum absolute atomic E-state index is 0.0423. The predicted octanol–water partition coefficient (Wildman–Crippen LogP) is 1.99. The Bertz CT molecular complexity index is 919. The molecule has 5 N–H and O–H groups in total. The Hall–Kier alpha value is -3.00. The van der Waals surface area contributed by atoms with E-state index in [4.69, 9.17) is 22.1 Å². The Morgan fingerprint density at radius 1 is 1.21 bits per heavy atom. The molecule has 0 spiro atoms. The normalized spacial score (nSPS) is 10.5. The summed E-state index contributed by atoms with van der Waals surface area (Å²) >= 11 is 6.07. The summed E-state index contributed by atoms with van der Waals surface area (Å²) in [5.74, 6) is -3.41. The molecule has 126 valence electrons. The molecule has 9 heteroatoms. The maximum atomic E-state index is 12.0. The van der Waals surface area contributed by atoms with Crippen molar-refractivity contribution in [2.45, 2.75) is 6.92 Å². The fourth-order valence-corrected chi connectivity index (χ4v) is 2.50. The van der Waals surface area contributed by atoms with Gasteiger partial charge in [-0.2, -0.15) is 0 Å². The first-order valence-electron chi connectivity index (χ1n) is 6.55. The summed E-state index contributed by atoms with van der Waals surface area (Å²) in [4.78, 5) is 37.2. The monoisotopic (exact) mass is 352 g/mol. The van der Waals surface area contributed by atoms with E-state index in [1.54, 1.807) is 6.92 Å². The number of rotatable bonds is 4. The standard InChI is InChI=1S/C15H13ClN2O6/c1-5-3-8(24-2)6(4-7(5)16)9-10(14(20)21)12(17)18-13(19)11(9)15(22)23/h3-4H,1-2H3,(H,20,21)(H,22,23)(H3,17,18,19). The number of aromatic amines is 1. The average Bonchev–Trinajstić information content (AvgIpc) is 2.47. The molecule has 2 aromatic rings. The number of carboxylic acid groups (broad SMARTS) is 2. The minimum atomic E-state index is -1.60. The molecule has 0 saturated heterocycles. The fraction of sp³-hybridized carbons (Fsp3) is 0.133. The van der Waals surface area contributed by atoms with Crippen LogP contribution in [0, 0.1) is 6.92 Å². The maximum absolute atomic E-state index is 12.0. The van der Waals surface area contributed by atoms with Gasteiger partial charge in [0.1, 0.15) is 22.7 Å². The Labute approximate surface area is 140 Å². The van der Waals surface area contributed by atoms with Crippen LogP contribution in [0.25, 0.3) is 11.1 Å².